The van der Waals surface area contributed by atoms with Crippen LogP contribution in [0.2, 0.25) is 0 Å². The van der Waals surface area contributed by atoms with Crippen LogP contribution >= 0.6 is 0 Å². The Hall–Kier alpha value is -2.64. The average Bonchev–Trinajstić information content (AvgIpc) is 3.13. The minimum absolute atomic E-state index is 0.0586. The molecule has 3 rings (SSSR count). The maximum Gasteiger partial charge on any atom is 0.328 e. The predicted octanol–water partition coefficient (Wildman–Crippen LogP) is 0.595. The molecule has 134 valence electrons. The zero-order chi connectivity index (χ0) is 17.6. The standard InChI is InChI=1S/C17H23N5O3/c23-15-6-11-20(17(25)19-15)12-7-16(24)22-10-2-1-4-14(22)5-13-21-9-3-8-18-21/h3,6,8-9,11,14H,1-2,4-5,7,10,12-13H2,(H,19,23,25)/t14-/m0/s1. The first-order chi connectivity index (χ1) is 12.1. The molecule has 1 N–H and O–H groups in total. The number of aromatic amines is 1. The highest BCUT2D eigenvalue weighted by atomic mass is 16.2. The second-order valence-corrected chi connectivity index (χ2v) is 6.35. The minimum atomic E-state index is -0.478. The summed E-state index contributed by atoms with van der Waals surface area (Å²) < 4.78 is 3.25. The van der Waals surface area contributed by atoms with Crippen molar-refractivity contribution in [2.75, 3.05) is 6.54 Å². The van der Waals surface area contributed by atoms with E-state index in [4.69, 9.17) is 0 Å². The smallest absolute Gasteiger partial charge is 0.328 e. The number of carbonyl (C=O) groups excluding carboxylic acids is 1. The highest BCUT2D eigenvalue weighted by Crippen LogP contribution is 2.21. The topological polar surface area (TPSA) is 93.0 Å². The highest BCUT2D eigenvalue weighted by Gasteiger charge is 2.26. The molecule has 1 atom stereocenters. The lowest BCUT2D eigenvalue weighted by Gasteiger charge is -2.36. The summed E-state index contributed by atoms with van der Waals surface area (Å²) in [5.74, 6) is 0.0586. The molecule has 1 amide bonds. The Bertz CT molecular complexity index is 808. The number of hydrogen-bond donors (Lipinski definition) is 1. The van der Waals surface area contributed by atoms with Gasteiger partial charge >= 0.3 is 5.69 Å². The van der Waals surface area contributed by atoms with Crippen LogP contribution in [0.3, 0.4) is 0 Å². The second kappa shape index (κ2) is 7.96. The maximum atomic E-state index is 12.6. The SMILES string of the molecule is O=C(CCn1ccc(=O)[nH]c1=O)N1CCCC[C@H]1CCn1cccn1. The second-order valence-electron chi connectivity index (χ2n) is 6.35. The average molecular weight is 345 g/mol. The molecule has 1 saturated heterocycles. The summed E-state index contributed by atoms with van der Waals surface area (Å²) in [5.41, 5.74) is -0.906. The molecule has 0 aromatic carbocycles. The number of nitrogens with zero attached hydrogens (tertiary/aromatic N) is 4. The zero-order valence-electron chi connectivity index (χ0n) is 14.1. The van der Waals surface area contributed by atoms with Crippen molar-refractivity contribution in [3.63, 3.8) is 0 Å². The van der Waals surface area contributed by atoms with E-state index in [1.807, 2.05) is 21.8 Å². The first-order valence-electron chi connectivity index (χ1n) is 8.70. The van der Waals surface area contributed by atoms with Crippen LogP contribution in [0.1, 0.15) is 32.1 Å². The molecule has 0 aliphatic carbocycles. The molecule has 0 bridgehead atoms. The third-order valence-electron chi connectivity index (χ3n) is 4.66. The van der Waals surface area contributed by atoms with Crippen molar-refractivity contribution in [3.05, 3.63) is 51.6 Å². The number of piperidine rings is 1. The molecule has 2 aromatic rings. The number of hydrogen-bond acceptors (Lipinski definition) is 4. The van der Waals surface area contributed by atoms with Crippen molar-refractivity contribution in [2.45, 2.75) is 51.2 Å². The molecule has 8 nitrogen and oxygen atoms in total. The van der Waals surface area contributed by atoms with E-state index in [1.54, 1.807) is 6.20 Å². The van der Waals surface area contributed by atoms with E-state index in [1.165, 1.54) is 16.8 Å². The van der Waals surface area contributed by atoms with Crippen molar-refractivity contribution in [1.82, 2.24) is 24.2 Å². The molecule has 1 fully saturated rings. The lowest BCUT2D eigenvalue weighted by atomic mass is 9.99. The Balaban J connectivity index is 1.58. The molecule has 1 aliphatic rings. The third-order valence-corrected chi connectivity index (χ3v) is 4.66. The monoisotopic (exact) mass is 345 g/mol. The van der Waals surface area contributed by atoms with Gasteiger partial charge in [-0.25, -0.2) is 4.79 Å². The van der Waals surface area contributed by atoms with Gasteiger partial charge in [0.05, 0.1) is 0 Å². The number of rotatable bonds is 6. The Labute approximate surface area is 145 Å². The molecule has 0 radical (unpaired) electrons. The number of likely N-dealkylation sites (tertiary alicyclic amines) is 1. The van der Waals surface area contributed by atoms with E-state index < -0.39 is 11.2 Å². The Morgan fingerprint density at radius 3 is 2.88 bits per heavy atom. The van der Waals surface area contributed by atoms with E-state index in [9.17, 15) is 14.4 Å². The summed E-state index contributed by atoms with van der Waals surface area (Å²) in [5, 5.41) is 4.21. The lowest BCUT2D eigenvalue weighted by Crippen LogP contribution is -2.44. The molecule has 3 heterocycles. The van der Waals surface area contributed by atoms with Crippen LogP contribution in [-0.2, 0) is 17.9 Å². The normalized spacial score (nSPS) is 17.6. The fraction of sp³-hybridized carbons (Fsp3) is 0.529. The first-order valence-corrected chi connectivity index (χ1v) is 8.70. The van der Waals surface area contributed by atoms with Crippen molar-refractivity contribution < 1.29 is 4.79 Å². The number of aromatic nitrogens is 4. The lowest BCUT2D eigenvalue weighted by molar-refractivity contribution is -0.135. The predicted molar refractivity (Wildman–Crippen MR) is 92.1 cm³/mol. The molecule has 0 unspecified atom stereocenters. The van der Waals surface area contributed by atoms with Gasteiger partial charge in [0.25, 0.3) is 5.56 Å². The third kappa shape index (κ3) is 4.46. The van der Waals surface area contributed by atoms with Gasteiger partial charge in [-0.2, -0.15) is 5.10 Å². The molecular formula is C17H23N5O3. The first kappa shape index (κ1) is 17.2. The summed E-state index contributed by atoms with van der Waals surface area (Å²) in [6.07, 6.45) is 9.40. The number of aryl methyl sites for hydroxylation is 2. The molecule has 8 heteroatoms. The van der Waals surface area contributed by atoms with Gasteiger partial charge in [0, 0.05) is 56.8 Å². The zero-order valence-corrected chi connectivity index (χ0v) is 14.1. The number of H-pyrrole nitrogens is 1. The number of carbonyl (C=O) groups is 1. The van der Waals surface area contributed by atoms with Crippen LogP contribution < -0.4 is 11.2 Å². The summed E-state index contributed by atoms with van der Waals surface area (Å²) in [4.78, 5) is 39.6. The van der Waals surface area contributed by atoms with Gasteiger partial charge in [0.2, 0.25) is 5.91 Å². The van der Waals surface area contributed by atoms with E-state index in [0.717, 1.165) is 38.8 Å². The minimum Gasteiger partial charge on any atom is -0.340 e. The van der Waals surface area contributed by atoms with Crippen molar-refractivity contribution in [2.24, 2.45) is 0 Å². The highest BCUT2D eigenvalue weighted by molar-refractivity contribution is 5.76. The molecule has 0 saturated carbocycles. The van der Waals surface area contributed by atoms with Crippen LogP contribution in [-0.4, -0.2) is 42.7 Å². The van der Waals surface area contributed by atoms with Crippen LogP contribution in [0.4, 0.5) is 0 Å². The van der Waals surface area contributed by atoms with Gasteiger partial charge in [-0.3, -0.25) is 19.3 Å². The van der Waals surface area contributed by atoms with Gasteiger partial charge in [-0.15, -0.1) is 0 Å². The summed E-state index contributed by atoms with van der Waals surface area (Å²) in [7, 11) is 0. The van der Waals surface area contributed by atoms with Crippen LogP contribution in [0, 0.1) is 0 Å². The largest absolute Gasteiger partial charge is 0.340 e. The summed E-state index contributed by atoms with van der Waals surface area (Å²) in [6, 6.07) is 3.41. The Kier molecular flexibility index (Phi) is 5.47. The van der Waals surface area contributed by atoms with E-state index in [0.29, 0.717) is 0 Å². The van der Waals surface area contributed by atoms with Gasteiger partial charge in [-0.1, -0.05) is 0 Å². The van der Waals surface area contributed by atoms with Gasteiger partial charge in [-0.05, 0) is 31.7 Å². The molecule has 2 aromatic heterocycles. The van der Waals surface area contributed by atoms with Gasteiger partial charge < -0.3 is 9.47 Å². The van der Waals surface area contributed by atoms with Crippen molar-refractivity contribution in [1.29, 1.82) is 0 Å². The van der Waals surface area contributed by atoms with E-state index in [2.05, 4.69) is 10.1 Å². The Morgan fingerprint density at radius 2 is 2.12 bits per heavy atom. The van der Waals surface area contributed by atoms with Crippen LogP contribution in [0.5, 0.6) is 0 Å². The van der Waals surface area contributed by atoms with E-state index in [-0.39, 0.29) is 24.9 Å². The summed E-state index contributed by atoms with van der Waals surface area (Å²) >= 11 is 0. The van der Waals surface area contributed by atoms with Crippen LogP contribution in [0.15, 0.2) is 40.3 Å². The quantitative estimate of drug-likeness (QED) is 0.829. The fourth-order valence-electron chi connectivity index (χ4n) is 3.32. The van der Waals surface area contributed by atoms with E-state index >= 15 is 0 Å². The number of nitrogens with one attached hydrogen (secondary N) is 1. The van der Waals surface area contributed by atoms with Gasteiger partial charge in [0.15, 0.2) is 0 Å². The molecule has 25 heavy (non-hydrogen) atoms. The van der Waals surface area contributed by atoms with Crippen LogP contribution in [0.25, 0.3) is 0 Å². The maximum absolute atomic E-state index is 12.6. The Morgan fingerprint density at radius 1 is 1.24 bits per heavy atom. The molecular weight excluding hydrogens is 322 g/mol. The molecule has 1 aliphatic heterocycles. The van der Waals surface area contributed by atoms with Gasteiger partial charge in [0.1, 0.15) is 0 Å². The van der Waals surface area contributed by atoms with Crippen molar-refractivity contribution >= 4 is 5.91 Å². The summed E-state index contributed by atoms with van der Waals surface area (Å²) in [6.45, 7) is 1.83. The fourth-order valence-corrected chi connectivity index (χ4v) is 3.32. The number of amides is 1. The molecule has 0 spiro atoms. The van der Waals surface area contributed by atoms with Crippen molar-refractivity contribution in [3.8, 4) is 0 Å².